The number of nitrogens with zero attached hydrogens (tertiary/aromatic N) is 1. The Labute approximate surface area is 110 Å². The SMILES string of the molecule is NNOC(=O)CCOc1cc([N+](=O)[O-])ccc1Br. The van der Waals surface area contributed by atoms with Gasteiger partial charge in [-0.3, -0.25) is 14.9 Å². The Morgan fingerprint density at radius 2 is 2.28 bits per heavy atom. The summed E-state index contributed by atoms with van der Waals surface area (Å²) in [5.41, 5.74) is 1.65. The van der Waals surface area contributed by atoms with E-state index in [1.165, 1.54) is 18.2 Å². The first-order valence-electron chi connectivity index (χ1n) is 4.76. The molecule has 0 amide bonds. The third-order valence-corrected chi connectivity index (χ3v) is 2.52. The normalized spacial score (nSPS) is 9.89. The van der Waals surface area contributed by atoms with Gasteiger partial charge >= 0.3 is 5.97 Å². The molecule has 0 bridgehead atoms. The first-order chi connectivity index (χ1) is 8.54. The van der Waals surface area contributed by atoms with Crippen LogP contribution in [-0.4, -0.2) is 17.5 Å². The van der Waals surface area contributed by atoms with Crippen LogP contribution in [0, 0.1) is 10.1 Å². The van der Waals surface area contributed by atoms with Crippen molar-refractivity contribution in [1.29, 1.82) is 0 Å². The van der Waals surface area contributed by atoms with Crippen molar-refractivity contribution in [2.75, 3.05) is 6.61 Å². The smallest absolute Gasteiger partial charge is 0.329 e. The van der Waals surface area contributed by atoms with Gasteiger partial charge in [-0.25, -0.2) is 5.84 Å². The zero-order chi connectivity index (χ0) is 13.5. The molecule has 1 rings (SSSR count). The Balaban J connectivity index is 2.58. The molecule has 0 fully saturated rings. The van der Waals surface area contributed by atoms with Gasteiger partial charge in [0.05, 0.1) is 28.5 Å². The Morgan fingerprint density at radius 3 is 2.89 bits per heavy atom. The van der Waals surface area contributed by atoms with Gasteiger partial charge in [0, 0.05) is 6.07 Å². The maximum atomic E-state index is 10.9. The number of hydrogen-bond acceptors (Lipinski definition) is 7. The fourth-order valence-electron chi connectivity index (χ4n) is 1.08. The van der Waals surface area contributed by atoms with Gasteiger partial charge < -0.3 is 9.57 Å². The molecule has 0 aliphatic carbocycles. The minimum atomic E-state index is -0.598. The van der Waals surface area contributed by atoms with Crippen LogP contribution in [0.1, 0.15) is 6.42 Å². The number of hydrogen-bond donors (Lipinski definition) is 2. The van der Waals surface area contributed by atoms with E-state index in [2.05, 4.69) is 20.8 Å². The van der Waals surface area contributed by atoms with E-state index >= 15 is 0 Å². The number of rotatable bonds is 6. The van der Waals surface area contributed by atoms with E-state index in [9.17, 15) is 14.9 Å². The highest BCUT2D eigenvalue weighted by Crippen LogP contribution is 2.29. The van der Waals surface area contributed by atoms with Crippen molar-refractivity contribution < 1.29 is 19.3 Å². The minimum Gasteiger partial charge on any atom is -0.492 e. The van der Waals surface area contributed by atoms with Crippen molar-refractivity contribution in [3.05, 3.63) is 32.8 Å². The summed E-state index contributed by atoms with van der Waals surface area (Å²) in [5, 5.41) is 10.6. The number of nitro benzene ring substituents is 1. The van der Waals surface area contributed by atoms with E-state index in [4.69, 9.17) is 10.6 Å². The first-order valence-corrected chi connectivity index (χ1v) is 5.56. The molecule has 0 radical (unpaired) electrons. The summed E-state index contributed by atoms with van der Waals surface area (Å²) in [6, 6.07) is 4.09. The molecular formula is C9H10BrN3O5. The van der Waals surface area contributed by atoms with Crippen molar-refractivity contribution in [2.45, 2.75) is 6.42 Å². The third-order valence-electron chi connectivity index (χ3n) is 1.86. The number of ether oxygens (including phenoxy) is 1. The largest absolute Gasteiger partial charge is 0.492 e. The van der Waals surface area contributed by atoms with Crippen LogP contribution in [0.2, 0.25) is 0 Å². The molecular weight excluding hydrogens is 310 g/mol. The maximum absolute atomic E-state index is 10.9. The summed E-state index contributed by atoms with van der Waals surface area (Å²) < 4.78 is 5.78. The standard InChI is InChI=1S/C9H10BrN3O5/c10-7-2-1-6(13(15)16)5-8(7)17-4-3-9(14)18-12-11/h1-2,5,12H,3-4,11H2. The predicted octanol–water partition coefficient (Wildman–Crippen LogP) is 1.05. The topological polar surface area (TPSA) is 117 Å². The molecule has 0 spiro atoms. The average molecular weight is 320 g/mol. The van der Waals surface area contributed by atoms with Crippen LogP contribution in [0.15, 0.2) is 22.7 Å². The molecule has 18 heavy (non-hydrogen) atoms. The average Bonchev–Trinajstić information content (AvgIpc) is 2.31. The minimum absolute atomic E-state index is 0.0142. The Morgan fingerprint density at radius 1 is 1.56 bits per heavy atom. The summed E-state index contributed by atoms with van der Waals surface area (Å²) in [6.07, 6.45) is -0.0423. The Kier molecular flexibility index (Phi) is 5.49. The highest BCUT2D eigenvalue weighted by molar-refractivity contribution is 9.10. The van der Waals surface area contributed by atoms with Gasteiger partial charge in [0.1, 0.15) is 5.75 Å². The summed E-state index contributed by atoms with van der Waals surface area (Å²) in [4.78, 5) is 25.2. The van der Waals surface area contributed by atoms with E-state index in [0.717, 1.165) is 0 Å². The lowest BCUT2D eigenvalue weighted by atomic mass is 10.3. The molecule has 0 aliphatic rings. The van der Waals surface area contributed by atoms with Crippen LogP contribution in [0.5, 0.6) is 5.75 Å². The van der Waals surface area contributed by atoms with E-state index in [1.807, 2.05) is 0 Å². The second-order valence-corrected chi connectivity index (χ2v) is 3.92. The molecule has 0 heterocycles. The number of halogens is 1. The van der Waals surface area contributed by atoms with Crippen LogP contribution in [0.3, 0.4) is 0 Å². The molecule has 9 heteroatoms. The zero-order valence-electron chi connectivity index (χ0n) is 9.09. The molecule has 0 aromatic heterocycles. The van der Waals surface area contributed by atoms with Gasteiger partial charge in [-0.2, -0.15) is 0 Å². The molecule has 3 N–H and O–H groups in total. The van der Waals surface area contributed by atoms with Crippen molar-refractivity contribution in [3.63, 3.8) is 0 Å². The van der Waals surface area contributed by atoms with Gasteiger partial charge in [0.25, 0.3) is 5.69 Å². The lowest BCUT2D eigenvalue weighted by Crippen LogP contribution is -2.26. The molecule has 0 saturated heterocycles. The Bertz CT molecular complexity index is 454. The van der Waals surface area contributed by atoms with Crippen LogP contribution in [0.4, 0.5) is 5.69 Å². The second kappa shape index (κ2) is 6.89. The van der Waals surface area contributed by atoms with E-state index in [1.54, 1.807) is 5.59 Å². The molecule has 98 valence electrons. The van der Waals surface area contributed by atoms with E-state index in [0.29, 0.717) is 4.47 Å². The second-order valence-electron chi connectivity index (χ2n) is 3.06. The van der Waals surface area contributed by atoms with Crippen LogP contribution in [0.25, 0.3) is 0 Å². The first kappa shape index (κ1) is 14.4. The number of nitrogens with one attached hydrogen (secondary N) is 1. The number of benzene rings is 1. The van der Waals surface area contributed by atoms with Crippen LogP contribution < -0.4 is 16.2 Å². The highest BCUT2D eigenvalue weighted by atomic mass is 79.9. The number of non-ortho nitro benzene ring substituents is 1. The maximum Gasteiger partial charge on any atom is 0.329 e. The lowest BCUT2D eigenvalue weighted by molar-refractivity contribution is -0.385. The van der Waals surface area contributed by atoms with Crippen LogP contribution >= 0.6 is 15.9 Å². The van der Waals surface area contributed by atoms with Gasteiger partial charge in [-0.15, -0.1) is 0 Å². The van der Waals surface area contributed by atoms with Gasteiger partial charge in [0.15, 0.2) is 0 Å². The number of carbonyl (C=O) groups is 1. The molecule has 0 unspecified atom stereocenters. The summed E-state index contributed by atoms with van der Waals surface area (Å²) in [5.74, 6) is 4.45. The highest BCUT2D eigenvalue weighted by Gasteiger charge is 2.11. The number of nitrogens with two attached hydrogens (primary N) is 1. The fourth-order valence-corrected chi connectivity index (χ4v) is 1.44. The van der Waals surface area contributed by atoms with Crippen LogP contribution in [-0.2, 0) is 9.63 Å². The van der Waals surface area contributed by atoms with E-state index < -0.39 is 10.9 Å². The predicted molar refractivity (Wildman–Crippen MR) is 64.3 cm³/mol. The number of nitro groups is 1. The lowest BCUT2D eigenvalue weighted by Gasteiger charge is -2.07. The summed E-state index contributed by atoms with van der Waals surface area (Å²) in [6.45, 7) is 0.0142. The van der Waals surface area contributed by atoms with Gasteiger partial charge in [-0.1, -0.05) is 5.59 Å². The van der Waals surface area contributed by atoms with Crippen molar-refractivity contribution in [2.24, 2.45) is 5.84 Å². The van der Waals surface area contributed by atoms with Gasteiger partial charge in [0.2, 0.25) is 0 Å². The van der Waals surface area contributed by atoms with Crippen molar-refractivity contribution in [1.82, 2.24) is 5.59 Å². The number of carbonyl (C=O) groups excluding carboxylic acids is 1. The molecule has 0 saturated carbocycles. The molecule has 0 aliphatic heterocycles. The summed E-state index contributed by atoms with van der Waals surface area (Å²) in [7, 11) is 0. The van der Waals surface area contributed by atoms with E-state index in [-0.39, 0.29) is 24.5 Å². The molecule has 0 atom stereocenters. The Hall–Kier alpha value is -1.71. The molecule has 1 aromatic rings. The quantitative estimate of drug-likeness (QED) is 0.457. The van der Waals surface area contributed by atoms with Gasteiger partial charge in [-0.05, 0) is 22.0 Å². The van der Waals surface area contributed by atoms with Crippen molar-refractivity contribution in [3.8, 4) is 5.75 Å². The number of hydrazine groups is 1. The molecule has 8 nitrogen and oxygen atoms in total. The fraction of sp³-hybridized carbons (Fsp3) is 0.222. The molecule has 1 aromatic carbocycles. The monoisotopic (exact) mass is 319 g/mol. The summed E-state index contributed by atoms with van der Waals surface area (Å²) >= 11 is 3.18. The third kappa shape index (κ3) is 4.28. The van der Waals surface area contributed by atoms with Crippen molar-refractivity contribution >= 4 is 27.6 Å². The zero-order valence-corrected chi connectivity index (χ0v) is 10.7.